The number of hydrogen-bond acceptors (Lipinski definition) is 0. The van der Waals surface area contributed by atoms with E-state index in [4.69, 9.17) is 11.6 Å². The van der Waals surface area contributed by atoms with Gasteiger partial charge in [-0.05, 0) is 56.6 Å². The minimum absolute atomic E-state index is 0.155. The molecule has 0 aliphatic heterocycles. The third-order valence-corrected chi connectivity index (χ3v) is 6.39. The second-order valence-electron chi connectivity index (χ2n) is 5.90. The summed E-state index contributed by atoms with van der Waals surface area (Å²) in [7, 11) is 0. The van der Waals surface area contributed by atoms with Crippen molar-refractivity contribution in [2.45, 2.75) is 37.4 Å². The summed E-state index contributed by atoms with van der Waals surface area (Å²) in [6.45, 7) is 6.79. The molecule has 0 radical (unpaired) electrons. The Morgan fingerprint density at radius 3 is 2.14 bits per heavy atom. The Bertz CT molecular complexity index is 618. The molecule has 1 unspecified atom stereocenters. The molecule has 0 fully saturated rings. The fourth-order valence-corrected chi connectivity index (χ4v) is 3.20. The predicted molar refractivity (Wildman–Crippen MR) is 99.7 cm³/mol. The third kappa shape index (κ3) is 3.91. The lowest BCUT2D eigenvalue weighted by Gasteiger charge is -2.24. The predicted octanol–water partition coefficient (Wildman–Crippen LogP) is 7.27. The zero-order chi connectivity index (χ0) is 15.6. The van der Waals surface area contributed by atoms with E-state index < -0.39 is 0 Å². The van der Waals surface area contributed by atoms with Gasteiger partial charge in [-0.1, -0.05) is 78.6 Å². The van der Waals surface area contributed by atoms with Gasteiger partial charge in [-0.15, -0.1) is 0 Å². The van der Waals surface area contributed by atoms with E-state index in [1.807, 2.05) is 12.1 Å². The van der Waals surface area contributed by atoms with Gasteiger partial charge in [-0.2, -0.15) is 0 Å². The quantitative estimate of drug-likeness (QED) is 0.447. The van der Waals surface area contributed by atoms with Crippen molar-refractivity contribution in [2.75, 3.05) is 0 Å². The van der Waals surface area contributed by atoms with Crippen LogP contribution in [0, 0.1) is 0 Å². The Morgan fingerprint density at radius 1 is 1.05 bits per heavy atom. The van der Waals surface area contributed by atoms with Gasteiger partial charge in [0.15, 0.2) is 0 Å². The van der Waals surface area contributed by atoms with Crippen molar-refractivity contribution >= 4 is 43.5 Å². The van der Waals surface area contributed by atoms with Crippen LogP contribution in [0.1, 0.15) is 48.7 Å². The minimum Gasteiger partial charge on any atom is -0.0831 e. The molecule has 3 heteroatoms. The first-order valence-electron chi connectivity index (χ1n) is 7.04. The van der Waals surface area contributed by atoms with Gasteiger partial charge in [0.1, 0.15) is 0 Å². The van der Waals surface area contributed by atoms with Crippen molar-refractivity contribution < 1.29 is 0 Å². The van der Waals surface area contributed by atoms with Gasteiger partial charge in [0.05, 0.1) is 9.85 Å². The molecule has 2 aromatic rings. The average Bonchev–Trinajstić information content (AvgIpc) is 2.49. The minimum atomic E-state index is 0.155. The molecule has 2 rings (SSSR count). The second kappa shape index (κ2) is 6.85. The Labute approximate surface area is 149 Å². The van der Waals surface area contributed by atoms with Crippen LogP contribution in [0.4, 0.5) is 0 Å². The highest BCUT2D eigenvalue weighted by Gasteiger charge is 2.18. The lowest BCUT2D eigenvalue weighted by atomic mass is 9.82. The molecular weight excluding hydrogens is 411 g/mol. The molecule has 0 N–H and O–H groups in total. The molecule has 0 amide bonds. The number of hydrogen-bond donors (Lipinski definition) is 0. The first-order valence-corrected chi connectivity index (χ1v) is 9.13. The molecule has 0 aliphatic rings. The van der Waals surface area contributed by atoms with Crippen molar-refractivity contribution in [1.82, 2.24) is 0 Å². The van der Waals surface area contributed by atoms with Gasteiger partial charge in [0.2, 0.25) is 0 Å². The first-order chi connectivity index (χ1) is 9.85. The van der Waals surface area contributed by atoms with Crippen molar-refractivity contribution in [3.63, 3.8) is 0 Å². The number of alkyl halides is 1. The molecule has 0 spiro atoms. The van der Waals surface area contributed by atoms with Gasteiger partial charge in [0, 0.05) is 4.47 Å². The zero-order valence-corrected chi connectivity index (χ0v) is 16.4. The summed E-state index contributed by atoms with van der Waals surface area (Å²) in [6.07, 6.45) is 1.13. The summed E-state index contributed by atoms with van der Waals surface area (Å²) in [5.41, 5.74) is 4.00. The van der Waals surface area contributed by atoms with Crippen LogP contribution in [-0.2, 0) is 5.41 Å². The summed E-state index contributed by atoms with van der Waals surface area (Å²) in [4.78, 5) is 0.155. The molecule has 0 aromatic heterocycles. The summed E-state index contributed by atoms with van der Waals surface area (Å²) < 4.78 is 0.924. The van der Waals surface area contributed by atoms with Crippen molar-refractivity contribution in [3.8, 4) is 0 Å². The van der Waals surface area contributed by atoms with Crippen LogP contribution in [-0.4, -0.2) is 0 Å². The lowest BCUT2D eigenvalue weighted by molar-refractivity contribution is 0.506. The van der Waals surface area contributed by atoms with E-state index in [1.165, 1.54) is 11.1 Å². The van der Waals surface area contributed by atoms with E-state index in [0.717, 1.165) is 21.5 Å². The number of rotatable bonds is 4. The average molecular weight is 431 g/mol. The van der Waals surface area contributed by atoms with E-state index >= 15 is 0 Å². The summed E-state index contributed by atoms with van der Waals surface area (Å²) in [6, 6.07) is 14.9. The van der Waals surface area contributed by atoms with E-state index in [0.29, 0.717) is 0 Å². The van der Waals surface area contributed by atoms with Gasteiger partial charge in [0.25, 0.3) is 0 Å². The molecule has 1 atom stereocenters. The number of benzene rings is 2. The summed E-state index contributed by atoms with van der Waals surface area (Å²) in [5, 5.41) is 0.737. The molecule has 0 bridgehead atoms. The Balaban J connectivity index is 2.27. The summed E-state index contributed by atoms with van der Waals surface area (Å²) in [5.74, 6) is 0. The van der Waals surface area contributed by atoms with Crippen molar-refractivity contribution in [3.05, 3.63) is 68.7 Å². The second-order valence-corrected chi connectivity index (χ2v) is 8.07. The van der Waals surface area contributed by atoms with Gasteiger partial charge in [-0.3, -0.25) is 0 Å². The maximum absolute atomic E-state index is 6.18. The molecule has 0 heterocycles. The Hall–Kier alpha value is -0.310. The fraction of sp³-hybridized carbons (Fsp3) is 0.333. The van der Waals surface area contributed by atoms with Gasteiger partial charge >= 0.3 is 0 Å². The van der Waals surface area contributed by atoms with Crippen LogP contribution in [0.5, 0.6) is 0 Å². The number of halogens is 3. The standard InChI is InChI=1S/C18H19Br2Cl/c1-4-18(2,3)14-8-5-12(6-9-14)17(20)13-7-10-15(19)16(21)11-13/h5-11,17H,4H2,1-3H3. The normalized spacial score (nSPS) is 13.2. The van der Waals surface area contributed by atoms with E-state index in [-0.39, 0.29) is 10.2 Å². The largest absolute Gasteiger partial charge is 0.0831 e. The van der Waals surface area contributed by atoms with Gasteiger partial charge < -0.3 is 0 Å². The molecule has 2 aromatic carbocycles. The summed E-state index contributed by atoms with van der Waals surface area (Å²) >= 11 is 13.4. The maximum Gasteiger partial charge on any atom is 0.0645 e. The van der Waals surface area contributed by atoms with Crippen molar-refractivity contribution in [1.29, 1.82) is 0 Å². The van der Waals surface area contributed by atoms with Crippen LogP contribution in [0.25, 0.3) is 0 Å². The van der Waals surface area contributed by atoms with E-state index in [1.54, 1.807) is 0 Å². The van der Waals surface area contributed by atoms with E-state index in [2.05, 4.69) is 83.0 Å². The molecule has 21 heavy (non-hydrogen) atoms. The molecule has 0 saturated carbocycles. The fourth-order valence-electron chi connectivity index (χ4n) is 2.17. The topological polar surface area (TPSA) is 0 Å². The van der Waals surface area contributed by atoms with Crippen molar-refractivity contribution in [2.24, 2.45) is 0 Å². The molecule has 0 saturated heterocycles. The highest BCUT2D eigenvalue weighted by molar-refractivity contribution is 9.10. The monoisotopic (exact) mass is 428 g/mol. The molecule has 112 valence electrons. The molecule has 0 aliphatic carbocycles. The van der Waals surface area contributed by atoms with Crippen LogP contribution >= 0.6 is 43.5 Å². The highest BCUT2D eigenvalue weighted by atomic mass is 79.9. The molecule has 0 nitrogen and oxygen atoms in total. The molecular formula is C18H19Br2Cl. The third-order valence-electron chi connectivity index (χ3n) is 4.11. The smallest absolute Gasteiger partial charge is 0.0645 e. The first kappa shape index (κ1) is 17.1. The lowest BCUT2D eigenvalue weighted by Crippen LogP contribution is -2.15. The van der Waals surface area contributed by atoms with E-state index in [9.17, 15) is 0 Å². The maximum atomic E-state index is 6.18. The zero-order valence-electron chi connectivity index (χ0n) is 12.5. The SMILES string of the molecule is CCC(C)(C)c1ccc(C(Br)c2ccc(Br)c(Cl)c2)cc1. The highest BCUT2D eigenvalue weighted by Crippen LogP contribution is 2.35. The van der Waals surface area contributed by atoms with Crippen LogP contribution < -0.4 is 0 Å². The van der Waals surface area contributed by atoms with Gasteiger partial charge in [-0.25, -0.2) is 0 Å². The van der Waals surface area contributed by atoms with Crippen LogP contribution in [0.15, 0.2) is 46.9 Å². The Kier molecular flexibility index (Phi) is 5.56. The van der Waals surface area contributed by atoms with Crippen LogP contribution in [0.3, 0.4) is 0 Å². The Morgan fingerprint density at radius 2 is 1.62 bits per heavy atom. The van der Waals surface area contributed by atoms with Crippen LogP contribution in [0.2, 0.25) is 5.02 Å².